The number of anilines is 1. The molecule has 0 aromatic heterocycles. The van der Waals surface area contributed by atoms with Crippen LogP contribution < -0.4 is 15.5 Å². The topological polar surface area (TPSA) is 98.8 Å². The highest BCUT2D eigenvalue weighted by Gasteiger charge is 2.53. The van der Waals surface area contributed by atoms with Crippen molar-refractivity contribution >= 4 is 29.3 Å². The molecule has 1 atom stereocenters. The summed E-state index contributed by atoms with van der Waals surface area (Å²) in [6.07, 6.45) is 0.768. The summed E-state index contributed by atoms with van der Waals surface area (Å²) in [5.74, 6) is -1.09. The highest BCUT2D eigenvalue weighted by atomic mass is 16.2. The predicted octanol–water partition coefficient (Wildman–Crippen LogP) is 0.238. The van der Waals surface area contributed by atoms with Crippen LogP contribution in [0.4, 0.5) is 5.69 Å². The van der Waals surface area contributed by atoms with E-state index >= 15 is 0 Å². The van der Waals surface area contributed by atoms with Crippen molar-refractivity contribution in [2.45, 2.75) is 32.4 Å². The number of fused-ring (bicyclic) bond motifs is 3. The molecule has 0 bridgehead atoms. The smallest absolute Gasteiger partial charge is 0.258 e. The molecule has 0 radical (unpaired) electrons. The number of rotatable bonds is 5. The lowest BCUT2D eigenvalue weighted by atomic mass is 9.98. The third-order valence-electron chi connectivity index (χ3n) is 4.87. The van der Waals surface area contributed by atoms with Crippen LogP contribution in [0, 0.1) is 0 Å². The van der Waals surface area contributed by atoms with Gasteiger partial charge in [0.05, 0.1) is 17.8 Å². The summed E-state index contributed by atoms with van der Waals surface area (Å²) in [6.45, 7) is 3.70. The molecule has 1 fully saturated rings. The van der Waals surface area contributed by atoms with E-state index in [4.69, 9.17) is 0 Å². The van der Waals surface area contributed by atoms with E-state index in [2.05, 4.69) is 10.6 Å². The van der Waals surface area contributed by atoms with Crippen LogP contribution in [0.3, 0.4) is 0 Å². The van der Waals surface area contributed by atoms with Crippen LogP contribution in [-0.2, 0) is 14.4 Å². The molecule has 0 spiro atoms. The van der Waals surface area contributed by atoms with Gasteiger partial charge in [0.15, 0.2) is 0 Å². The number of nitrogens with zero attached hydrogens (tertiary/aromatic N) is 2. The summed E-state index contributed by atoms with van der Waals surface area (Å²) < 4.78 is 0. The summed E-state index contributed by atoms with van der Waals surface area (Å²) in [7, 11) is 0. The molecule has 26 heavy (non-hydrogen) atoms. The number of hydrogen-bond donors (Lipinski definition) is 2. The number of para-hydroxylation sites is 1. The minimum atomic E-state index is -0.883. The highest BCUT2D eigenvalue weighted by Crippen LogP contribution is 2.43. The first-order valence-electron chi connectivity index (χ1n) is 8.66. The van der Waals surface area contributed by atoms with Gasteiger partial charge in [-0.1, -0.05) is 12.1 Å². The van der Waals surface area contributed by atoms with Crippen LogP contribution in [0.15, 0.2) is 24.3 Å². The highest BCUT2D eigenvalue weighted by molar-refractivity contribution is 6.11. The molecule has 138 valence electrons. The zero-order valence-corrected chi connectivity index (χ0v) is 14.9. The molecule has 8 nitrogen and oxygen atoms in total. The van der Waals surface area contributed by atoms with Crippen LogP contribution in [0.2, 0.25) is 0 Å². The molecule has 2 aliphatic heterocycles. The van der Waals surface area contributed by atoms with Gasteiger partial charge >= 0.3 is 0 Å². The van der Waals surface area contributed by atoms with Crippen LogP contribution in [0.5, 0.6) is 0 Å². The Kier molecular flexibility index (Phi) is 4.67. The Balaban J connectivity index is 1.83. The van der Waals surface area contributed by atoms with Crippen LogP contribution in [-0.4, -0.2) is 53.8 Å². The fourth-order valence-electron chi connectivity index (χ4n) is 3.58. The maximum atomic E-state index is 13.0. The lowest BCUT2D eigenvalue weighted by Crippen LogP contribution is -2.64. The minimum Gasteiger partial charge on any atom is -0.355 e. The number of nitrogens with one attached hydrogen (secondary N) is 2. The predicted molar refractivity (Wildman–Crippen MR) is 94.3 cm³/mol. The molecule has 1 aromatic rings. The van der Waals surface area contributed by atoms with E-state index in [0.29, 0.717) is 30.6 Å². The van der Waals surface area contributed by atoms with Gasteiger partial charge in [-0.25, -0.2) is 0 Å². The van der Waals surface area contributed by atoms with Gasteiger partial charge in [-0.05, 0) is 32.4 Å². The average Bonchev–Trinajstić information content (AvgIpc) is 2.93. The number of hydrogen-bond acceptors (Lipinski definition) is 4. The summed E-state index contributed by atoms with van der Waals surface area (Å²) in [5.41, 5.74) is 0.101. The summed E-state index contributed by atoms with van der Waals surface area (Å²) in [4.78, 5) is 52.2. The van der Waals surface area contributed by atoms with Crippen LogP contribution in [0.25, 0.3) is 0 Å². The Morgan fingerprint density at radius 1 is 1.15 bits per heavy atom. The number of carbonyl (C=O) groups is 4. The molecule has 1 aromatic carbocycles. The fourth-order valence-corrected chi connectivity index (χ4v) is 3.58. The Labute approximate surface area is 151 Å². The maximum Gasteiger partial charge on any atom is 0.258 e. The number of likely N-dealkylation sites (N-methyl/N-ethyl adjacent to an activating group) is 1. The second-order valence-electron chi connectivity index (χ2n) is 6.58. The molecule has 2 aliphatic rings. The van der Waals surface area contributed by atoms with Crippen molar-refractivity contribution in [2.75, 3.05) is 24.5 Å². The van der Waals surface area contributed by atoms with E-state index in [1.807, 2.05) is 0 Å². The third kappa shape index (κ3) is 2.91. The number of amides is 4. The zero-order chi connectivity index (χ0) is 18.9. The van der Waals surface area contributed by atoms with Crippen molar-refractivity contribution < 1.29 is 19.2 Å². The summed E-state index contributed by atoms with van der Waals surface area (Å²) in [5, 5.41) is 5.11. The molecule has 2 heterocycles. The van der Waals surface area contributed by atoms with E-state index < -0.39 is 11.6 Å². The quantitative estimate of drug-likeness (QED) is 0.787. The lowest BCUT2D eigenvalue weighted by molar-refractivity contribution is -0.127. The fraction of sp³-hybridized carbons (Fsp3) is 0.444. The molecule has 1 saturated heterocycles. The Morgan fingerprint density at radius 2 is 1.88 bits per heavy atom. The second-order valence-corrected chi connectivity index (χ2v) is 6.58. The molecule has 0 aliphatic carbocycles. The molecule has 1 unspecified atom stereocenters. The van der Waals surface area contributed by atoms with Gasteiger partial charge in [0.25, 0.3) is 5.91 Å². The zero-order valence-electron chi connectivity index (χ0n) is 14.9. The Morgan fingerprint density at radius 3 is 2.62 bits per heavy atom. The van der Waals surface area contributed by atoms with Crippen molar-refractivity contribution in [3.63, 3.8) is 0 Å². The van der Waals surface area contributed by atoms with Gasteiger partial charge in [-0.15, -0.1) is 0 Å². The first kappa shape index (κ1) is 17.9. The van der Waals surface area contributed by atoms with Crippen LogP contribution in [0.1, 0.15) is 37.0 Å². The van der Waals surface area contributed by atoms with Gasteiger partial charge in [0, 0.05) is 13.0 Å². The molecular formula is C18H22N4O4. The first-order chi connectivity index (χ1) is 12.4. The van der Waals surface area contributed by atoms with Gasteiger partial charge in [0.2, 0.25) is 17.7 Å². The molecule has 0 saturated carbocycles. The van der Waals surface area contributed by atoms with E-state index in [0.717, 1.165) is 0 Å². The lowest BCUT2D eigenvalue weighted by Gasteiger charge is -2.48. The van der Waals surface area contributed by atoms with Gasteiger partial charge in [-0.2, -0.15) is 0 Å². The van der Waals surface area contributed by atoms with E-state index in [1.54, 1.807) is 43.0 Å². The standard InChI is InChI=1S/C18H22N4O4/c1-3-19-14(23)10-20-15(24)11-21-17(26)12-6-4-5-7-13(12)22-16(25)8-9-18(21,22)2/h4-7H,3,8-11H2,1-2H3,(H,19,23)(H,20,24). The average molecular weight is 358 g/mol. The van der Waals surface area contributed by atoms with Crippen LogP contribution >= 0.6 is 0 Å². The molecule has 4 amide bonds. The number of benzene rings is 1. The third-order valence-corrected chi connectivity index (χ3v) is 4.87. The largest absolute Gasteiger partial charge is 0.355 e. The van der Waals surface area contributed by atoms with Gasteiger partial charge in [0.1, 0.15) is 12.2 Å². The monoisotopic (exact) mass is 358 g/mol. The van der Waals surface area contributed by atoms with Crippen molar-refractivity contribution in [3.8, 4) is 0 Å². The van der Waals surface area contributed by atoms with E-state index in [9.17, 15) is 19.2 Å². The summed E-state index contributed by atoms with van der Waals surface area (Å²) in [6, 6.07) is 6.92. The molecule has 3 rings (SSSR count). The van der Waals surface area contributed by atoms with Gasteiger partial charge in [-0.3, -0.25) is 24.1 Å². The Bertz CT molecular complexity index is 778. The molecule has 2 N–H and O–H groups in total. The second kappa shape index (κ2) is 6.78. The maximum absolute atomic E-state index is 13.0. The molecule has 8 heteroatoms. The van der Waals surface area contributed by atoms with E-state index in [-0.39, 0.29) is 30.8 Å². The SMILES string of the molecule is CCNC(=O)CNC(=O)CN1C(=O)c2ccccc2N2C(=O)CCC12C. The Hall–Kier alpha value is -2.90. The minimum absolute atomic E-state index is 0.0693. The summed E-state index contributed by atoms with van der Waals surface area (Å²) >= 11 is 0. The van der Waals surface area contributed by atoms with Crippen molar-refractivity contribution in [1.29, 1.82) is 0 Å². The van der Waals surface area contributed by atoms with Gasteiger partial charge < -0.3 is 15.5 Å². The van der Waals surface area contributed by atoms with Crippen molar-refractivity contribution in [1.82, 2.24) is 15.5 Å². The van der Waals surface area contributed by atoms with Crippen molar-refractivity contribution in [2.24, 2.45) is 0 Å². The van der Waals surface area contributed by atoms with Crippen molar-refractivity contribution in [3.05, 3.63) is 29.8 Å². The van der Waals surface area contributed by atoms with E-state index in [1.165, 1.54) is 4.90 Å². The normalized spacial score (nSPS) is 21.3. The molecular weight excluding hydrogens is 336 g/mol. The first-order valence-corrected chi connectivity index (χ1v) is 8.66. The number of carbonyl (C=O) groups excluding carboxylic acids is 4.